The highest BCUT2D eigenvalue weighted by molar-refractivity contribution is 7.53. The largest absolute Gasteiger partial charge is 0.397 e. The molecule has 23 heavy (non-hydrogen) atoms. The molecule has 1 heterocycles. The van der Waals surface area contributed by atoms with Gasteiger partial charge in [-0.3, -0.25) is 4.57 Å². The van der Waals surface area contributed by atoms with Gasteiger partial charge in [0.15, 0.2) is 0 Å². The Kier molecular flexibility index (Phi) is 6.45. The summed E-state index contributed by atoms with van der Waals surface area (Å²) < 4.78 is 36.5. The fourth-order valence-corrected chi connectivity index (χ4v) is 5.09. The SMILES string of the molecule is CCOP(=O)(CC1CCN(c2ccc(F)cc2N)CC1)OCC. The van der Waals surface area contributed by atoms with Crippen LogP contribution in [0.1, 0.15) is 26.7 Å². The number of piperidine rings is 1. The first-order valence-corrected chi connectivity index (χ1v) is 9.88. The first-order chi connectivity index (χ1) is 11.0. The van der Waals surface area contributed by atoms with Crippen molar-refractivity contribution in [3.63, 3.8) is 0 Å². The van der Waals surface area contributed by atoms with E-state index in [0.29, 0.717) is 31.0 Å². The first kappa shape index (κ1) is 18.2. The van der Waals surface area contributed by atoms with Gasteiger partial charge in [0.25, 0.3) is 0 Å². The summed E-state index contributed by atoms with van der Waals surface area (Å²) in [6.07, 6.45) is 2.24. The van der Waals surface area contributed by atoms with E-state index in [2.05, 4.69) is 4.90 Å². The number of nitrogens with zero attached hydrogens (tertiary/aromatic N) is 1. The molecule has 0 aliphatic carbocycles. The molecule has 1 saturated heterocycles. The van der Waals surface area contributed by atoms with Gasteiger partial charge in [-0.25, -0.2) is 4.39 Å². The zero-order chi connectivity index (χ0) is 16.9. The number of anilines is 2. The normalized spacial score (nSPS) is 16.7. The first-order valence-electron chi connectivity index (χ1n) is 8.15. The van der Waals surface area contributed by atoms with E-state index < -0.39 is 7.60 Å². The molecule has 2 rings (SSSR count). The zero-order valence-electron chi connectivity index (χ0n) is 13.8. The smallest absolute Gasteiger partial charge is 0.330 e. The van der Waals surface area contributed by atoms with Crippen molar-refractivity contribution in [1.82, 2.24) is 0 Å². The van der Waals surface area contributed by atoms with Crippen molar-refractivity contribution in [2.24, 2.45) is 5.92 Å². The topological polar surface area (TPSA) is 64.8 Å². The van der Waals surface area contributed by atoms with Gasteiger partial charge >= 0.3 is 7.60 Å². The molecule has 0 radical (unpaired) electrons. The number of hydrogen-bond acceptors (Lipinski definition) is 5. The van der Waals surface area contributed by atoms with Gasteiger partial charge in [0.2, 0.25) is 0 Å². The molecule has 0 unspecified atom stereocenters. The van der Waals surface area contributed by atoms with Crippen molar-refractivity contribution < 1.29 is 18.0 Å². The zero-order valence-corrected chi connectivity index (χ0v) is 14.7. The van der Waals surface area contributed by atoms with E-state index in [9.17, 15) is 8.96 Å². The third kappa shape index (κ3) is 4.93. The number of hydrogen-bond donors (Lipinski definition) is 1. The highest BCUT2D eigenvalue weighted by Crippen LogP contribution is 2.51. The summed E-state index contributed by atoms with van der Waals surface area (Å²) in [5.41, 5.74) is 7.22. The van der Waals surface area contributed by atoms with Crippen LogP contribution in [0.2, 0.25) is 0 Å². The van der Waals surface area contributed by atoms with E-state index in [1.165, 1.54) is 12.1 Å². The highest BCUT2D eigenvalue weighted by atomic mass is 31.2. The van der Waals surface area contributed by atoms with Crippen LogP contribution in [-0.4, -0.2) is 32.5 Å². The molecule has 0 aromatic heterocycles. The van der Waals surface area contributed by atoms with Crippen molar-refractivity contribution in [3.05, 3.63) is 24.0 Å². The van der Waals surface area contributed by atoms with Gasteiger partial charge in [-0.15, -0.1) is 0 Å². The summed E-state index contributed by atoms with van der Waals surface area (Å²) in [6.45, 7) is 6.04. The minimum Gasteiger partial charge on any atom is -0.397 e. The third-order valence-electron chi connectivity index (χ3n) is 4.08. The van der Waals surface area contributed by atoms with Gasteiger partial charge in [0.1, 0.15) is 5.82 Å². The molecule has 1 aliphatic heterocycles. The van der Waals surface area contributed by atoms with Crippen LogP contribution in [0, 0.1) is 11.7 Å². The molecule has 1 aliphatic rings. The third-order valence-corrected chi connectivity index (χ3v) is 6.34. The summed E-state index contributed by atoms with van der Waals surface area (Å²) in [4.78, 5) is 2.15. The van der Waals surface area contributed by atoms with Gasteiger partial charge in [0.05, 0.1) is 30.8 Å². The molecule has 7 heteroatoms. The van der Waals surface area contributed by atoms with Crippen LogP contribution < -0.4 is 10.6 Å². The molecule has 0 atom stereocenters. The van der Waals surface area contributed by atoms with Crippen LogP contribution in [0.25, 0.3) is 0 Å². The van der Waals surface area contributed by atoms with Crippen LogP contribution in [-0.2, 0) is 13.6 Å². The Bertz CT molecular complexity index is 552. The van der Waals surface area contributed by atoms with Crippen molar-refractivity contribution in [3.8, 4) is 0 Å². The van der Waals surface area contributed by atoms with Gasteiger partial charge in [-0.1, -0.05) is 0 Å². The lowest BCUT2D eigenvalue weighted by Crippen LogP contribution is -2.35. The van der Waals surface area contributed by atoms with Crippen LogP contribution in [0.15, 0.2) is 18.2 Å². The summed E-state index contributed by atoms with van der Waals surface area (Å²) in [7, 11) is -2.99. The van der Waals surface area contributed by atoms with Gasteiger partial charge in [-0.2, -0.15) is 0 Å². The molecule has 0 saturated carbocycles. The van der Waals surface area contributed by atoms with Crippen molar-refractivity contribution >= 4 is 19.0 Å². The lowest BCUT2D eigenvalue weighted by molar-refractivity contribution is 0.213. The Labute approximate surface area is 137 Å². The fourth-order valence-electron chi connectivity index (χ4n) is 3.02. The van der Waals surface area contributed by atoms with Crippen LogP contribution in [0.4, 0.5) is 15.8 Å². The fraction of sp³-hybridized carbons (Fsp3) is 0.625. The average molecular weight is 344 g/mol. The minimum absolute atomic E-state index is 0.303. The number of rotatable bonds is 7. The second-order valence-electron chi connectivity index (χ2n) is 5.76. The minimum atomic E-state index is -2.99. The maximum Gasteiger partial charge on any atom is 0.330 e. The second-order valence-corrected chi connectivity index (χ2v) is 7.87. The summed E-state index contributed by atoms with van der Waals surface area (Å²) >= 11 is 0. The van der Waals surface area contributed by atoms with Crippen molar-refractivity contribution in [2.45, 2.75) is 26.7 Å². The standard InChI is InChI=1S/C16H26FN2O3P/c1-3-21-23(20,22-4-2)12-13-7-9-19(10-8-13)16-6-5-14(17)11-15(16)18/h5-6,11,13H,3-4,7-10,12,18H2,1-2H3. The number of benzene rings is 1. The van der Waals surface area contributed by atoms with Gasteiger partial charge in [0, 0.05) is 13.1 Å². The Morgan fingerprint density at radius 2 is 1.87 bits per heavy atom. The lowest BCUT2D eigenvalue weighted by Gasteiger charge is -2.35. The van der Waals surface area contributed by atoms with Gasteiger partial charge < -0.3 is 19.7 Å². The number of nitrogens with two attached hydrogens (primary N) is 1. The Balaban J connectivity index is 1.94. The Hall–Kier alpha value is -1.10. The Morgan fingerprint density at radius 3 is 2.39 bits per heavy atom. The van der Waals surface area contributed by atoms with E-state index in [1.54, 1.807) is 6.07 Å². The molecule has 1 fully saturated rings. The molecule has 1 aromatic rings. The van der Waals surface area contributed by atoms with Gasteiger partial charge in [-0.05, 0) is 50.8 Å². The van der Waals surface area contributed by atoms with Crippen LogP contribution >= 0.6 is 7.60 Å². The van der Waals surface area contributed by atoms with E-state index >= 15 is 0 Å². The highest BCUT2D eigenvalue weighted by Gasteiger charge is 2.31. The Morgan fingerprint density at radius 1 is 1.26 bits per heavy atom. The molecule has 1 aromatic carbocycles. The summed E-state index contributed by atoms with van der Waals surface area (Å²) in [6, 6.07) is 4.49. The molecule has 0 bridgehead atoms. The maximum atomic E-state index is 13.2. The molecule has 5 nitrogen and oxygen atoms in total. The summed E-state index contributed by atoms with van der Waals surface area (Å²) in [5.74, 6) is -0.0210. The molecule has 0 spiro atoms. The molecular weight excluding hydrogens is 318 g/mol. The predicted molar refractivity (Wildman–Crippen MR) is 91.5 cm³/mol. The second kappa shape index (κ2) is 8.13. The molecular formula is C16H26FN2O3P. The maximum absolute atomic E-state index is 13.2. The van der Waals surface area contributed by atoms with E-state index in [1.807, 2.05) is 13.8 Å². The van der Waals surface area contributed by atoms with Crippen LogP contribution in [0.5, 0.6) is 0 Å². The van der Waals surface area contributed by atoms with Crippen molar-refractivity contribution in [2.75, 3.05) is 43.1 Å². The average Bonchev–Trinajstić information content (AvgIpc) is 2.49. The van der Waals surface area contributed by atoms with Crippen LogP contribution in [0.3, 0.4) is 0 Å². The molecule has 130 valence electrons. The van der Waals surface area contributed by atoms with E-state index in [0.717, 1.165) is 31.6 Å². The van der Waals surface area contributed by atoms with E-state index in [4.69, 9.17) is 14.8 Å². The van der Waals surface area contributed by atoms with Crippen molar-refractivity contribution in [1.29, 1.82) is 0 Å². The van der Waals surface area contributed by atoms with E-state index in [-0.39, 0.29) is 5.82 Å². The molecule has 2 N–H and O–H groups in total. The number of halogens is 1. The number of nitrogen functional groups attached to an aromatic ring is 1. The quantitative estimate of drug-likeness (QED) is 0.600. The predicted octanol–water partition coefficient (Wildman–Crippen LogP) is 3.89. The lowest BCUT2D eigenvalue weighted by atomic mass is 9.98. The molecule has 0 amide bonds. The summed E-state index contributed by atoms with van der Waals surface area (Å²) in [5, 5.41) is 0. The monoisotopic (exact) mass is 344 g/mol.